The molecule has 0 aromatic rings. The maximum absolute atomic E-state index is 5.61. The minimum Gasteiger partial charge on any atom is -0.385 e. The average Bonchev–Trinajstić information content (AvgIpc) is 2.49. The summed E-state index contributed by atoms with van der Waals surface area (Å²) in [6.45, 7) is 10.3. The predicted molar refractivity (Wildman–Crippen MR) is 83.1 cm³/mol. The second-order valence-corrected chi connectivity index (χ2v) is 5.49. The Hall–Kier alpha value is -0.200. The Bertz CT molecular complexity index is 209. The highest BCUT2D eigenvalue weighted by Gasteiger charge is 2.15. The van der Waals surface area contributed by atoms with Crippen molar-refractivity contribution >= 4 is 0 Å². The molecular weight excluding hydrogens is 254 g/mol. The molecule has 1 saturated heterocycles. The summed E-state index contributed by atoms with van der Waals surface area (Å²) in [6, 6.07) is 0. The second kappa shape index (κ2) is 12.5. The van der Waals surface area contributed by atoms with Gasteiger partial charge in [-0.05, 0) is 32.4 Å². The van der Waals surface area contributed by atoms with Crippen molar-refractivity contribution < 1.29 is 9.47 Å². The van der Waals surface area contributed by atoms with Gasteiger partial charge in [0.2, 0.25) is 0 Å². The normalized spacial score (nSPS) is 17.7. The summed E-state index contributed by atoms with van der Waals surface area (Å²) in [7, 11) is 1.73. The van der Waals surface area contributed by atoms with E-state index in [9.17, 15) is 0 Å². The highest BCUT2D eigenvalue weighted by Crippen LogP contribution is 2.04. The van der Waals surface area contributed by atoms with Gasteiger partial charge in [-0.15, -0.1) is 0 Å². The zero-order valence-electron chi connectivity index (χ0n) is 13.2. The molecule has 5 heteroatoms. The number of ether oxygens (including phenoxy) is 2. The number of piperazine rings is 1. The molecule has 0 atom stereocenters. The molecule has 2 N–H and O–H groups in total. The second-order valence-electron chi connectivity index (χ2n) is 5.49. The highest BCUT2D eigenvalue weighted by atomic mass is 16.5. The first kappa shape index (κ1) is 17.9. The number of hydrogen-bond acceptors (Lipinski definition) is 5. The van der Waals surface area contributed by atoms with E-state index in [0.29, 0.717) is 0 Å². The fourth-order valence-electron chi connectivity index (χ4n) is 2.49. The van der Waals surface area contributed by atoms with Crippen molar-refractivity contribution in [3.63, 3.8) is 0 Å². The third kappa shape index (κ3) is 8.87. The van der Waals surface area contributed by atoms with Gasteiger partial charge in [-0.25, -0.2) is 0 Å². The first-order valence-electron chi connectivity index (χ1n) is 8.08. The topological polar surface area (TPSA) is 51.0 Å². The van der Waals surface area contributed by atoms with Gasteiger partial charge in [-0.3, -0.25) is 4.90 Å². The number of unbranched alkanes of at least 4 members (excludes halogenated alkanes) is 2. The van der Waals surface area contributed by atoms with Crippen LogP contribution in [0.3, 0.4) is 0 Å². The van der Waals surface area contributed by atoms with Crippen LogP contribution in [-0.4, -0.2) is 82.5 Å². The Morgan fingerprint density at radius 3 is 2.15 bits per heavy atom. The van der Waals surface area contributed by atoms with Crippen LogP contribution in [0.15, 0.2) is 0 Å². The van der Waals surface area contributed by atoms with E-state index in [0.717, 1.165) is 39.3 Å². The van der Waals surface area contributed by atoms with Gasteiger partial charge < -0.3 is 20.1 Å². The monoisotopic (exact) mass is 287 g/mol. The van der Waals surface area contributed by atoms with E-state index in [4.69, 9.17) is 15.2 Å². The van der Waals surface area contributed by atoms with Gasteiger partial charge >= 0.3 is 0 Å². The molecule has 1 aliphatic heterocycles. The lowest BCUT2D eigenvalue weighted by atomic mass is 10.2. The molecule has 120 valence electrons. The lowest BCUT2D eigenvalue weighted by Gasteiger charge is -2.34. The Morgan fingerprint density at radius 2 is 1.50 bits per heavy atom. The molecule has 0 radical (unpaired) electrons. The largest absolute Gasteiger partial charge is 0.385 e. The maximum atomic E-state index is 5.61. The first-order valence-corrected chi connectivity index (χ1v) is 8.08. The first-order chi connectivity index (χ1) is 9.86. The van der Waals surface area contributed by atoms with Crippen molar-refractivity contribution in [3.05, 3.63) is 0 Å². The standard InChI is InChI=1S/C15H33N3O2/c1-19-13-5-14-20-15-12-18-10-8-17(9-11-18)7-4-2-3-6-16/h2-16H2,1H3. The third-order valence-corrected chi connectivity index (χ3v) is 3.83. The Balaban J connectivity index is 1.91. The van der Waals surface area contributed by atoms with E-state index < -0.39 is 0 Å². The summed E-state index contributed by atoms with van der Waals surface area (Å²) < 4.78 is 10.6. The zero-order chi connectivity index (χ0) is 14.5. The van der Waals surface area contributed by atoms with Crippen LogP contribution in [0.2, 0.25) is 0 Å². The van der Waals surface area contributed by atoms with Crippen LogP contribution in [0.4, 0.5) is 0 Å². The fraction of sp³-hybridized carbons (Fsp3) is 1.00. The molecule has 1 heterocycles. The molecule has 1 rings (SSSR count). The zero-order valence-corrected chi connectivity index (χ0v) is 13.2. The van der Waals surface area contributed by atoms with E-state index in [1.165, 1.54) is 52.0 Å². The van der Waals surface area contributed by atoms with Gasteiger partial charge in [0.15, 0.2) is 0 Å². The van der Waals surface area contributed by atoms with E-state index >= 15 is 0 Å². The molecule has 0 amide bonds. The lowest BCUT2D eigenvalue weighted by Crippen LogP contribution is -2.47. The molecule has 0 spiro atoms. The Kier molecular flexibility index (Phi) is 11.2. The van der Waals surface area contributed by atoms with E-state index in [2.05, 4.69) is 9.80 Å². The molecule has 0 aliphatic carbocycles. The van der Waals surface area contributed by atoms with E-state index in [1.54, 1.807) is 7.11 Å². The lowest BCUT2D eigenvalue weighted by molar-refractivity contribution is 0.0648. The molecule has 0 saturated carbocycles. The van der Waals surface area contributed by atoms with Crippen molar-refractivity contribution in [1.82, 2.24) is 9.80 Å². The van der Waals surface area contributed by atoms with Crippen molar-refractivity contribution in [2.75, 3.05) is 72.7 Å². The molecule has 20 heavy (non-hydrogen) atoms. The summed E-state index contributed by atoms with van der Waals surface area (Å²) in [5.41, 5.74) is 5.51. The van der Waals surface area contributed by atoms with Crippen LogP contribution in [-0.2, 0) is 9.47 Å². The van der Waals surface area contributed by atoms with Gasteiger partial charge in [0.1, 0.15) is 0 Å². The third-order valence-electron chi connectivity index (χ3n) is 3.83. The molecule has 0 aromatic carbocycles. The summed E-state index contributed by atoms with van der Waals surface area (Å²) in [6.07, 6.45) is 4.72. The molecule has 5 nitrogen and oxygen atoms in total. The van der Waals surface area contributed by atoms with Crippen LogP contribution >= 0.6 is 0 Å². The fourth-order valence-corrected chi connectivity index (χ4v) is 2.49. The Morgan fingerprint density at radius 1 is 0.800 bits per heavy atom. The van der Waals surface area contributed by atoms with Gasteiger partial charge in [-0.2, -0.15) is 0 Å². The average molecular weight is 287 g/mol. The smallest absolute Gasteiger partial charge is 0.0593 e. The summed E-state index contributed by atoms with van der Waals surface area (Å²) in [5, 5.41) is 0. The number of hydrogen-bond donors (Lipinski definition) is 1. The summed E-state index contributed by atoms with van der Waals surface area (Å²) in [5.74, 6) is 0. The van der Waals surface area contributed by atoms with Crippen LogP contribution in [0, 0.1) is 0 Å². The number of rotatable bonds is 12. The molecule has 1 aliphatic rings. The summed E-state index contributed by atoms with van der Waals surface area (Å²) in [4.78, 5) is 5.08. The minimum atomic E-state index is 0.794. The van der Waals surface area contributed by atoms with Gasteiger partial charge in [0.05, 0.1) is 6.61 Å². The van der Waals surface area contributed by atoms with Crippen LogP contribution < -0.4 is 5.73 Å². The minimum absolute atomic E-state index is 0.794. The molecule has 0 unspecified atom stereocenters. The van der Waals surface area contributed by atoms with Gasteiger partial charge in [0, 0.05) is 53.0 Å². The highest BCUT2D eigenvalue weighted by molar-refractivity contribution is 4.71. The van der Waals surface area contributed by atoms with Gasteiger partial charge in [-0.1, -0.05) is 6.42 Å². The van der Waals surface area contributed by atoms with Crippen molar-refractivity contribution in [3.8, 4) is 0 Å². The molecule has 1 fully saturated rings. The van der Waals surface area contributed by atoms with E-state index in [-0.39, 0.29) is 0 Å². The van der Waals surface area contributed by atoms with Crippen LogP contribution in [0.5, 0.6) is 0 Å². The van der Waals surface area contributed by atoms with Crippen molar-refractivity contribution in [2.24, 2.45) is 5.73 Å². The molecule has 0 bridgehead atoms. The van der Waals surface area contributed by atoms with Crippen molar-refractivity contribution in [2.45, 2.75) is 25.7 Å². The predicted octanol–water partition coefficient (Wildman–Crippen LogP) is 0.786. The molecule has 0 aromatic heterocycles. The number of nitrogens with zero attached hydrogens (tertiary/aromatic N) is 2. The molecular formula is C15H33N3O2. The Labute approximate surface area is 124 Å². The quantitative estimate of drug-likeness (QED) is 0.538. The number of methoxy groups -OCH3 is 1. The van der Waals surface area contributed by atoms with Crippen LogP contribution in [0.25, 0.3) is 0 Å². The number of nitrogens with two attached hydrogens (primary N) is 1. The SMILES string of the molecule is COCCCOCCN1CCN(CCCCCN)CC1. The van der Waals surface area contributed by atoms with Gasteiger partial charge in [0.25, 0.3) is 0 Å². The summed E-state index contributed by atoms with van der Waals surface area (Å²) >= 11 is 0. The van der Waals surface area contributed by atoms with Crippen LogP contribution in [0.1, 0.15) is 25.7 Å². The maximum Gasteiger partial charge on any atom is 0.0593 e. The van der Waals surface area contributed by atoms with E-state index in [1.807, 2.05) is 0 Å². The van der Waals surface area contributed by atoms with Crippen molar-refractivity contribution in [1.29, 1.82) is 0 Å².